The second kappa shape index (κ2) is 7.65. The minimum Gasteiger partial charge on any atom is -0.395 e. The molecule has 4 heteroatoms. The van der Waals surface area contributed by atoms with Gasteiger partial charge in [0, 0.05) is 18.5 Å². The number of nitrogens with one attached hydrogen (secondary N) is 1. The Morgan fingerprint density at radius 3 is 2.84 bits per heavy atom. The molecule has 1 atom stereocenters. The number of amides is 1. The van der Waals surface area contributed by atoms with Gasteiger partial charge < -0.3 is 10.4 Å². The fourth-order valence-corrected chi connectivity index (χ4v) is 3.02. The quantitative estimate of drug-likeness (QED) is 0.539. The first-order chi connectivity index (χ1) is 9.31. The number of allylic oxidation sites excluding steroid dienone is 2. The van der Waals surface area contributed by atoms with Crippen LogP contribution < -0.4 is 5.32 Å². The lowest BCUT2D eigenvalue weighted by molar-refractivity contribution is -0.124. The van der Waals surface area contributed by atoms with Gasteiger partial charge in [0.05, 0.1) is 6.61 Å². The van der Waals surface area contributed by atoms with Crippen LogP contribution in [0.15, 0.2) is 12.2 Å². The summed E-state index contributed by atoms with van der Waals surface area (Å²) in [5.41, 5.74) is 0. The lowest BCUT2D eigenvalue weighted by Crippen LogP contribution is -2.34. The van der Waals surface area contributed by atoms with Crippen LogP contribution in [0.3, 0.4) is 0 Å². The summed E-state index contributed by atoms with van der Waals surface area (Å²) < 4.78 is 0. The Morgan fingerprint density at radius 1 is 1.32 bits per heavy atom. The molecule has 0 aromatic carbocycles. The molecule has 1 aliphatic heterocycles. The van der Waals surface area contributed by atoms with E-state index in [1.54, 1.807) is 0 Å². The highest BCUT2D eigenvalue weighted by molar-refractivity contribution is 5.79. The standard InChI is InChI=1S/C15H26N2O2/c18-12-14-8-5-11-17(14)10-4-3-9-16-15(19)13-6-1-2-7-13/h1-2,13-14,18H,3-12H2,(H,16,19). The van der Waals surface area contributed by atoms with Gasteiger partial charge in [-0.1, -0.05) is 12.2 Å². The monoisotopic (exact) mass is 266 g/mol. The topological polar surface area (TPSA) is 52.6 Å². The van der Waals surface area contributed by atoms with Crippen LogP contribution in [0, 0.1) is 5.92 Å². The van der Waals surface area contributed by atoms with Gasteiger partial charge in [0.25, 0.3) is 0 Å². The van der Waals surface area contributed by atoms with Crippen LogP contribution in [-0.4, -0.2) is 48.2 Å². The molecular weight excluding hydrogens is 240 g/mol. The first kappa shape index (κ1) is 14.5. The minimum atomic E-state index is 0.178. The first-order valence-electron chi connectivity index (χ1n) is 7.59. The normalized spacial score (nSPS) is 24.2. The third-order valence-corrected chi connectivity index (χ3v) is 4.26. The number of unbranched alkanes of at least 4 members (excludes halogenated alkanes) is 1. The van der Waals surface area contributed by atoms with Crippen molar-refractivity contribution in [2.75, 3.05) is 26.2 Å². The largest absolute Gasteiger partial charge is 0.395 e. The predicted molar refractivity (Wildman–Crippen MR) is 75.8 cm³/mol. The molecular formula is C15H26N2O2. The third-order valence-electron chi connectivity index (χ3n) is 4.26. The summed E-state index contributed by atoms with van der Waals surface area (Å²) in [5.74, 6) is 0.386. The van der Waals surface area contributed by atoms with Crippen molar-refractivity contribution in [3.05, 3.63) is 12.2 Å². The summed E-state index contributed by atoms with van der Waals surface area (Å²) in [4.78, 5) is 14.1. The molecule has 0 aromatic rings. The molecule has 1 unspecified atom stereocenters. The van der Waals surface area contributed by atoms with E-state index in [9.17, 15) is 9.90 Å². The molecule has 19 heavy (non-hydrogen) atoms. The zero-order valence-electron chi connectivity index (χ0n) is 11.7. The maximum atomic E-state index is 11.8. The van der Waals surface area contributed by atoms with Crippen molar-refractivity contribution < 1.29 is 9.90 Å². The first-order valence-corrected chi connectivity index (χ1v) is 7.59. The number of likely N-dealkylation sites (tertiary alicyclic amines) is 1. The summed E-state index contributed by atoms with van der Waals surface area (Å²) in [6.07, 6.45) is 10.4. The van der Waals surface area contributed by atoms with E-state index in [0.29, 0.717) is 6.04 Å². The fraction of sp³-hybridized carbons (Fsp3) is 0.800. The van der Waals surface area contributed by atoms with Gasteiger partial charge >= 0.3 is 0 Å². The van der Waals surface area contributed by atoms with E-state index < -0.39 is 0 Å². The Morgan fingerprint density at radius 2 is 2.11 bits per heavy atom. The molecule has 1 heterocycles. The lowest BCUT2D eigenvalue weighted by Gasteiger charge is -2.22. The Kier molecular flexibility index (Phi) is 5.86. The Balaban J connectivity index is 1.51. The average molecular weight is 266 g/mol. The smallest absolute Gasteiger partial charge is 0.223 e. The van der Waals surface area contributed by atoms with Gasteiger partial charge in [-0.15, -0.1) is 0 Å². The van der Waals surface area contributed by atoms with E-state index in [2.05, 4.69) is 22.4 Å². The fourth-order valence-electron chi connectivity index (χ4n) is 3.02. The minimum absolute atomic E-state index is 0.178. The maximum absolute atomic E-state index is 11.8. The SMILES string of the molecule is O=C(NCCCCN1CCCC1CO)C1CC=CC1. The zero-order chi connectivity index (χ0) is 13.5. The highest BCUT2D eigenvalue weighted by Gasteiger charge is 2.22. The Hall–Kier alpha value is -0.870. The van der Waals surface area contributed by atoms with E-state index in [4.69, 9.17) is 0 Å². The molecule has 1 aliphatic carbocycles. The molecule has 0 bridgehead atoms. The number of aliphatic hydroxyl groups is 1. The van der Waals surface area contributed by atoms with Crippen LogP contribution in [0.5, 0.6) is 0 Å². The lowest BCUT2D eigenvalue weighted by atomic mass is 10.1. The summed E-state index contributed by atoms with van der Waals surface area (Å²) in [6.45, 7) is 3.23. The van der Waals surface area contributed by atoms with Gasteiger partial charge in [-0.3, -0.25) is 9.69 Å². The zero-order valence-corrected chi connectivity index (χ0v) is 11.7. The van der Waals surface area contributed by atoms with Crippen molar-refractivity contribution in [3.63, 3.8) is 0 Å². The molecule has 0 saturated carbocycles. The second-order valence-corrected chi connectivity index (χ2v) is 5.65. The molecule has 1 saturated heterocycles. The van der Waals surface area contributed by atoms with Crippen molar-refractivity contribution in [1.82, 2.24) is 10.2 Å². The van der Waals surface area contributed by atoms with Crippen molar-refractivity contribution in [3.8, 4) is 0 Å². The van der Waals surface area contributed by atoms with Crippen molar-refractivity contribution in [2.24, 2.45) is 5.92 Å². The van der Waals surface area contributed by atoms with E-state index in [0.717, 1.165) is 51.7 Å². The molecule has 1 fully saturated rings. The summed E-state index contributed by atoms with van der Waals surface area (Å²) in [7, 11) is 0. The van der Waals surface area contributed by atoms with Gasteiger partial charge in [-0.25, -0.2) is 0 Å². The van der Waals surface area contributed by atoms with Gasteiger partial charge in [-0.05, 0) is 51.6 Å². The summed E-state index contributed by atoms with van der Waals surface area (Å²) in [6, 6.07) is 0.374. The molecule has 0 spiro atoms. The molecule has 0 radical (unpaired) electrons. The summed E-state index contributed by atoms with van der Waals surface area (Å²) >= 11 is 0. The number of carbonyl (C=O) groups excluding carboxylic acids is 1. The van der Waals surface area contributed by atoms with E-state index in [1.807, 2.05) is 0 Å². The molecule has 2 N–H and O–H groups in total. The highest BCUT2D eigenvalue weighted by atomic mass is 16.3. The van der Waals surface area contributed by atoms with Gasteiger partial charge in [0.15, 0.2) is 0 Å². The number of nitrogens with zero attached hydrogens (tertiary/aromatic N) is 1. The predicted octanol–water partition coefficient (Wildman–Crippen LogP) is 1.31. The van der Waals surface area contributed by atoms with Crippen LogP contribution in [0.4, 0.5) is 0 Å². The molecule has 2 aliphatic rings. The van der Waals surface area contributed by atoms with Crippen LogP contribution in [-0.2, 0) is 4.79 Å². The molecule has 4 nitrogen and oxygen atoms in total. The van der Waals surface area contributed by atoms with Crippen LogP contribution in [0.2, 0.25) is 0 Å². The van der Waals surface area contributed by atoms with Gasteiger partial charge in [-0.2, -0.15) is 0 Å². The van der Waals surface area contributed by atoms with E-state index >= 15 is 0 Å². The average Bonchev–Trinajstić information content (AvgIpc) is 3.09. The van der Waals surface area contributed by atoms with Crippen molar-refractivity contribution in [2.45, 2.75) is 44.6 Å². The van der Waals surface area contributed by atoms with Crippen LogP contribution in [0.25, 0.3) is 0 Å². The van der Waals surface area contributed by atoms with Gasteiger partial charge in [0.2, 0.25) is 5.91 Å². The number of aliphatic hydroxyl groups excluding tert-OH is 1. The Labute approximate surface area is 115 Å². The Bertz CT molecular complexity index is 309. The molecule has 108 valence electrons. The van der Waals surface area contributed by atoms with Crippen molar-refractivity contribution in [1.29, 1.82) is 0 Å². The number of hydrogen-bond acceptors (Lipinski definition) is 3. The molecule has 1 amide bonds. The van der Waals surface area contributed by atoms with Crippen LogP contribution in [0.1, 0.15) is 38.5 Å². The molecule has 0 aromatic heterocycles. The number of hydrogen-bond donors (Lipinski definition) is 2. The second-order valence-electron chi connectivity index (χ2n) is 5.65. The maximum Gasteiger partial charge on any atom is 0.223 e. The number of rotatable bonds is 7. The van der Waals surface area contributed by atoms with E-state index in [1.165, 1.54) is 6.42 Å². The van der Waals surface area contributed by atoms with Gasteiger partial charge in [0.1, 0.15) is 0 Å². The number of carbonyl (C=O) groups is 1. The molecule has 2 rings (SSSR count). The van der Waals surface area contributed by atoms with E-state index in [-0.39, 0.29) is 18.4 Å². The third kappa shape index (κ3) is 4.32. The summed E-state index contributed by atoms with van der Waals surface area (Å²) in [5, 5.41) is 12.3. The highest BCUT2D eigenvalue weighted by Crippen LogP contribution is 2.18. The van der Waals surface area contributed by atoms with Crippen molar-refractivity contribution >= 4 is 5.91 Å². The van der Waals surface area contributed by atoms with Crippen LogP contribution >= 0.6 is 0 Å².